The molecule has 0 fully saturated rings. The summed E-state index contributed by atoms with van der Waals surface area (Å²) < 4.78 is 5.26. The van der Waals surface area contributed by atoms with Gasteiger partial charge < -0.3 is 10.1 Å². The Morgan fingerprint density at radius 3 is 2.71 bits per heavy atom. The zero-order valence-electron chi connectivity index (χ0n) is 12.8. The fourth-order valence-corrected chi connectivity index (χ4v) is 2.33. The summed E-state index contributed by atoms with van der Waals surface area (Å²) in [6.07, 6.45) is 3.50. The average Bonchev–Trinajstić information content (AvgIpc) is 2.52. The third-order valence-electron chi connectivity index (χ3n) is 3.61. The summed E-state index contributed by atoms with van der Waals surface area (Å²) in [5.41, 5.74) is 1.23. The number of ether oxygens (including phenoxy) is 1. The molecule has 0 aliphatic carbocycles. The first-order valence-electron chi connectivity index (χ1n) is 7.56. The summed E-state index contributed by atoms with van der Waals surface area (Å²) in [4.78, 5) is 11.6. The van der Waals surface area contributed by atoms with Gasteiger partial charge in [-0.3, -0.25) is 4.79 Å². The zero-order valence-corrected chi connectivity index (χ0v) is 12.8. The number of fused-ring (bicyclic) bond motifs is 1. The Labute approximate surface area is 126 Å². The van der Waals surface area contributed by atoms with E-state index in [9.17, 15) is 4.79 Å². The van der Waals surface area contributed by atoms with Crippen molar-refractivity contribution in [2.24, 2.45) is 0 Å². The van der Waals surface area contributed by atoms with Crippen molar-refractivity contribution in [2.75, 3.05) is 13.7 Å². The van der Waals surface area contributed by atoms with Crippen molar-refractivity contribution >= 4 is 16.7 Å². The molecule has 0 saturated carbocycles. The molecular weight excluding hydrogens is 262 g/mol. The quantitative estimate of drug-likeness (QED) is 0.842. The number of hydrogen-bond acceptors (Lipinski definition) is 2. The van der Waals surface area contributed by atoms with Crippen molar-refractivity contribution in [2.45, 2.75) is 32.6 Å². The Morgan fingerprint density at radius 1 is 1.14 bits per heavy atom. The molecule has 0 heterocycles. The first-order chi connectivity index (χ1) is 10.2. The van der Waals surface area contributed by atoms with Gasteiger partial charge in [0.05, 0.1) is 7.11 Å². The molecule has 0 aromatic heterocycles. The van der Waals surface area contributed by atoms with Crippen LogP contribution in [0, 0.1) is 0 Å². The van der Waals surface area contributed by atoms with Crippen LogP contribution >= 0.6 is 0 Å². The van der Waals surface area contributed by atoms with Crippen LogP contribution in [0.15, 0.2) is 36.4 Å². The third kappa shape index (κ3) is 4.48. The number of amides is 1. The molecule has 1 amide bonds. The van der Waals surface area contributed by atoms with Crippen molar-refractivity contribution in [3.63, 3.8) is 0 Å². The number of unbranched alkanes of at least 4 members (excludes halogenated alkanes) is 1. The Hall–Kier alpha value is -2.03. The van der Waals surface area contributed by atoms with E-state index in [1.807, 2.05) is 12.1 Å². The van der Waals surface area contributed by atoms with E-state index >= 15 is 0 Å². The second kappa shape index (κ2) is 7.67. The van der Waals surface area contributed by atoms with E-state index in [-0.39, 0.29) is 5.91 Å². The standard InChI is InChI=1S/C18H23NO2/c1-3-4-5-18(20)19-11-10-14-6-7-15-8-9-17(21-2)13-16(15)12-14/h6-9,12-13H,3-5,10-11H2,1-2H3,(H,19,20). The van der Waals surface area contributed by atoms with Gasteiger partial charge in [0.2, 0.25) is 5.91 Å². The Balaban J connectivity index is 1.94. The minimum atomic E-state index is 0.152. The highest BCUT2D eigenvalue weighted by Crippen LogP contribution is 2.22. The van der Waals surface area contributed by atoms with Gasteiger partial charge in [-0.2, -0.15) is 0 Å². The lowest BCUT2D eigenvalue weighted by molar-refractivity contribution is -0.121. The highest BCUT2D eigenvalue weighted by molar-refractivity contribution is 5.84. The van der Waals surface area contributed by atoms with E-state index in [0.29, 0.717) is 13.0 Å². The number of methoxy groups -OCH3 is 1. The molecular formula is C18H23NO2. The molecule has 0 atom stereocenters. The van der Waals surface area contributed by atoms with Crippen LogP contribution in [-0.4, -0.2) is 19.6 Å². The van der Waals surface area contributed by atoms with Crippen molar-refractivity contribution in [3.8, 4) is 5.75 Å². The highest BCUT2D eigenvalue weighted by atomic mass is 16.5. The molecule has 0 bridgehead atoms. The van der Waals surface area contributed by atoms with Crippen molar-refractivity contribution < 1.29 is 9.53 Å². The summed E-state index contributed by atoms with van der Waals surface area (Å²) >= 11 is 0. The molecule has 2 aromatic carbocycles. The molecule has 112 valence electrons. The van der Waals surface area contributed by atoms with Crippen LogP contribution in [0.1, 0.15) is 31.7 Å². The average molecular weight is 285 g/mol. The highest BCUT2D eigenvalue weighted by Gasteiger charge is 2.02. The lowest BCUT2D eigenvalue weighted by atomic mass is 10.0. The molecule has 0 aliphatic rings. The van der Waals surface area contributed by atoms with E-state index in [4.69, 9.17) is 4.74 Å². The SMILES string of the molecule is CCCCC(=O)NCCc1ccc2ccc(OC)cc2c1. The minimum Gasteiger partial charge on any atom is -0.497 e. The predicted octanol–water partition coefficient (Wildman–Crippen LogP) is 3.70. The molecule has 0 spiro atoms. The Morgan fingerprint density at radius 2 is 1.95 bits per heavy atom. The van der Waals surface area contributed by atoms with Gasteiger partial charge in [0.1, 0.15) is 5.75 Å². The van der Waals surface area contributed by atoms with Gasteiger partial charge in [0, 0.05) is 13.0 Å². The summed E-state index contributed by atoms with van der Waals surface area (Å²) in [5.74, 6) is 1.02. The van der Waals surface area contributed by atoms with Crippen LogP contribution in [-0.2, 0) is 11.2 Å². The van der Waals surface area contributed by atoms with Gasteiger partial charge in [0.25, 0.3) is 0 Å². The maximum atomic E-state index is 11.6. The lowest BCUT2D eigenvalue weighted by Crippen LogP contribution is -2.25. The number of carbonyl (C=O) groups is 1. The normalized spacial score (nSPS) is 10.6. The van der Waals surface area contributed by atoms with Gasteiger partial charge in [-0.25, -0.2) is 0 Å². The lowest BCUT2D eigenvalue weighted by Gasteiger charge is -2.07. The van der Waals surface area contributed by atoms with Crippen molar-refractivity contribution in [1.82, 2.24) is 5.32 Å². The molecule has 3 nitrogen and oxygen atoms in total. The third-order valence-corrected chi connectivity index (χ3v) is 3.61. The predicted molar refractivity (Wildman–Crippen MR) is 86.7 cm³/mol. The molecule has 2 aromatic rings. The van der Waals surface area contributed by atoms with Crippen molar-refractivity contribution in [3.05, 3.63) is 42.0 Å². The number of benzene rings is 2. The fraction of sp³-hybridized carbons (Fsp3) is 0.389. The van der Waals surface area contributed by atoms with Gasteiger partial charge in [0.15, 0.2) is 0 Å². The second-order valence-corrected chi connectivity index (χ2v) is 5.25. The fourth-order valence-electron chi connectivity index (χ4n) is 2.33. The van der Waals surface area contributed by atoms with Crippen LogP contribution in [0.3, 0.4) is 0 Å². The number of nitrogens with one attached hydrogen (secondary N) is 1. The minimum absolute atomic E-state index is 0.152. The molecule has 0 unspecified atom stereocenters. The Kier molecular flexibility index (Phi) is 5.61. The zero-order chi connectivity index (χ0) is 15.1. The molecule has 0 radical (unpaired) electrons. The first-order valence-corrected chi connectivity index (χ1v) is 7.56. The van der Waals surface area contributed by atoms with E-state index in [1.165, 1.54) is 16.3 Å². The monoisotopic (exact) mass is 285 g/mol. The molecule has 1 N–H and O–H groups in total. The molecule has 3 heteroatoms. The van der Waals surface area contributed by atoms with E-state index in [1.54, 1.807) is 7.11 Å². The van der Waals surface area contributed by atoms with Crippen molar-refractivity contribution in [1.29, 1.82) is 0 Å². The van der Waals surface area contributed by atoms with Crippen LogP contribution in [0.4, 0.5) is 0 Å². The van der Waals surface area contributed by atoms with E-state index in [2.05, 4.69) is 36.5 Å². The topological polar surface area (TPSA) is 38.3 Å². The summed E-state index contributed by atoms with van der Waals surface area (Å²) in [5, 5.41) is 5.34. The molecule has 0 saturated heterocycles. The van der Waals surface area contributed by atoms with Crippen LogP contribution in [0.5, 0.6) is 5.75 Å². The maximum Gasteiger partial charge on any atom is 0.220 e. The van der Waals surface area contributed by atoms with Gasteiger partial charge in [-0.05, 0) is 41.3 Å². The summed E-state index contributed by atoms with van der Waals surface area (Å²) in [6.45, 7) is 2.79. The maximum absolute atomic E-state index is 11.6. The van der Waals surface area contributed by atoms with E-state index in [0.717, 1.165) is 25.0 Å². The van der Waals surface area contributed by atoms with Gasteiger partial charge in [-0.15, -0.1) is 0 Å². The second-order valence-electron chi connectivity index (χ2n) is 5.25. The van der Waals surface area contributed by atoms with Crippen LogP contribution in [0.2, 0.25) is 0 Å². The molecule has 2 rings (SSSR count). The Bertz CT molecular complexity index is 607. The molecule has 21 heavy (non-hydrogen) atoms. The number of carbonyl (C=O) groups excluding carboxylic acids is 1. The van der Waals surface area contributed by atoms with Gasteiger partial charge >= 0.3 is 0 Å². The van der Waals surface area contributed by atoms with Gasteiger partial charge in [-0.1, -0.05) is 37.6 Å². The number of rotatable bonds is 7. The smallest absolute Gasteiger partial charge is 0.220 e. The first kappa shape index (κ1) is 15.4. The van der Waals surface area contributed by atoms with Crippen LogP contribution in [0.25, 0.3) is 10.8 Å². The summed E-state index contributed by atoms with van der Waals surface area (Å²) in [7, 11) is 1.68. The molecule has 0 aliphatic heterocycles. The number of hydrogen-bond donors (Lipinski definition) is 1. The largest absolute Gasteiger partial charge is 0.497 e. The van der Waals surface area contributed by atoms with E-state index < -0.39 is 0 Å². The summed E-state index contributed by atoms with van der Waals surface area (Å²) in [6, 6.07) is 12.5. The van der Waals surface area contributed by atoms with Crippen LogP contribution < -0.4 is 10.1 Å².